The molecular weight excluding hydrogens is 286 g/mol. The zero-order valence-electron chi connectivity index (χ0n) is 11.1. The zero-order valence-corrected chi connectivity index (χ0v) is 11.8. The Hall–Kier alpha value is -1.96. The van der Waals surface area contributed by atoms with Gasteiger partial charge < -0.3 is 10.2 Å². The smallest absolute Gasteiger partial charge is 0.332 e. The van der Waals surface area contributed by atoms with Crippen LogP contribution in [-0.2, 0) is 4.79 Å². The number of amides is 1. The van der Waals surface area contributed by atoms with E-state index in [1.165, 1.54) is 6.92 Å². The van der Waals surface area contributed by atoms with Gasteiger partial charge in [0.1, 0.15) is 11.7 Å². The molecule has 1 saturated heterocycles. The van der Waals surface area contributed by atoms with Crippen molar-refractivity contribution in [2.75, 3.05) is 18.0 Å². The van der Waals surface area contributed by atoms with Crippen molar-refractivity contribution in [1.29, 1.82) is 0 Å². The van der Waals surface area contributed by atoms with E-state index in [9.17, 15) is 14.9 Å². The predicted molar refractivity (Wildman–Crippen MR) is 72.9 cm³/mol. The Morgan fingerprint density at radius 2 is 2.25 bits per heavy atom. The number of halogens is 1. The molecule has 0 spiro atoms. The van der Waals surface area contributed by atoms with Crippen LogP contribution in [0.3, 0.4) is 0 Å². The first-order valence-electron chi connectivity index (χ1n) is 6.18. The lowest BCUT2D eigenvalue weighted by molar-refractivity contribution is -0.385. The van der Waals surface area contributed by atoms with E-state index in [0.29, 0.717) is 19.5 Å². The fourth-order valence-electron chi connectivity index (χ4n) is 2.31. The van der Waals surface area contributed by atoms with Gasteiger partial charge in [0.05, 0.1) is 4.92 Å². The summed E-state index contributed by atoms with van der Waals surface area (Å²) in [6.45, 7) is 4.19. The molecule has 0 bridgehead atoms. The largest absolute Gasteiger partial charge is 0.353 e. The lowest BCUT2D eigenvalue weighted by Gasteiger charge is -2.35. The van der Waals surface area contributed by atoms with Crippen LogP contribution >= 0.6 is 11.6 Å². The highest BCUT2D eigenvalue weighted by molar-refractivity contribution is 6.28. The number of carbonyl (C=O) groups excluding carboxylic acids is 1. The molecule has 9 heteroatoms. The minimum Gasteiger partial charge on any atom is -0.353 e. The molecule has 1 fully saturated rings. The highest BCUT2D eigenvalue weighted by atomic mass is 35.5. The number of rotatable bonds is 3. The summed E-state index contributed by atoms with van der Waals surface area (Å²) in [7, 11) is 0. The molecular formula is C11H14ClN5O3. The number of nitrogens with zero attached hydrogens (tertiary/aromatic N) is 4. The fourth-order valence-corrected chi connectivity index (χ4v) is 2.51. The van der Waals surface area contributed by atoms with Gasteiger partial charge in [-0.25, -0.2) is 4.98 Å². The number of hydrogen-bond donors (Lipinski definition) is 1. The number of anilines is 1. The van der Waals surface area contributed by atoms with Crippen LogP contribution in [0.4, 0.5) is 11.5 Å². The van der Waals surface area contributed by atoms with Crippen LogP contribution in [0.5, 0.6) is 0 Å². The normalized spacial score (nSPS) is 18.9. The Labute approximate surface area is 120 Å². The number of hydrogen-bond acceptors (Lipinski definition) is 6. The van der Waals surface area contributed by atoms with Gasteiger partial charge in [0, 0.05) is 13.1 Å². The van der Waals surface area contributed by atoms with Crippen LogP contribution in [0.1, 0.15) is 19.0 Å². The van der Waals surface area contributed by atoms with Gasteiger partial charge >= 0.3 is 5.69 Å². The molecule has 0 radical (unpaired) electrons. The van der Waals surface area contributed by atoms with E-state index in [2.05, 4.69) is 15.3 Å². The highest BCUT2D eigenvalue weighted by Gasteiger charge is 2.35. The van der Waals surface area contributed by atoms with Crippen molar-refractivity contribution in [2.24, 2.45) is 0 Å². The molecule has 1 aliphatic rings. The molecule has 2 heterocycles. The first-order chi connectivity index (χ1) is 9.45. The van der Waals surface area contributed by atoms with Crippen LogP contribution in [0.2, 0.25) is 5.28 Å². The molecule has 2 rings (SSSR count). The van der Waals surface area contributed by atoms with E-state index in [0.717, 1.165) is 0 Å². The number of aromatic nitrogens is 2. The summed E-state index contributed by atoms with van der Waals surface area (Å²) in [4.78, 5) is 31.9. The summed E-state index contributed by atoms with van der Waals surface area (Å²) in [6.07, 6.45) is 0.518. The zero-order chi connectivity index (χ0) is 14.9. The molecule has 1 unspecified atom stereocenters. The molecule has 108 valence electrons. The van der Waals surface area contributed by atoms with Gasteiger partial charge in [-0.05, 0) is 24.9 Å². The summed E-state index contributed by atoms with van der Waals surface area (Å²) in [6, 6.07) is -0.493. The Bertz CT molecular complexity index is 565. The molecule has 0 saturated carbocycles. The van der Waals surface area contributed by atoms with Crippen molar-refractivity contribution in [2.45, 2.75) is 26.3 Å². The molecule has 1 aromatic rings. The average Bonchev–Trinajstić information content (AvgIpc) is 2.36. The summed E-state index contributed by atoms with van der Waals surface area (Å²) in [5.41, 5.74) is -0.0200. The van der Waals surface area contributed by atoms with Gasteiger partial charge in [-0.3, -0.25) is 14.9 Å². The van der Waals surface area contributed by atoms with E-state index in [-0.39, 0.29) is 28.4 Å². The molecule has 1 amide bonds. The van der Waals surface area contributed by atoms with Crippen molar-refractivity contribution >= 4 is 29.0 Å². The highest BCUT2D eigenvalue weighted by Crippen LogP contribution is 2.32. The van der Waals surface area contributed by atoms with Crippen LogP contribution in [0.25, 0.3) is 0 Å². The minimum absolute atomic E-state index is 0.0658. The number of aryl methyl sites for hydroxylation is 1. The van der Waals surface area contributed by atoms with Gasteiger partial charge in [-0.2, -0.15) is 4.98 Å². The Morgan fingerprint density at radius 3 is 2.85 bits per heavy atom. The Morgan fingerprint density at radius 1 is 1.55 bits per heavy atom. The summed E-state index contributed by atoms with van der Waals surface area (Å²) < 4.78 is 0. The number of nitro groups is 1. The quantitative estimate of drug-likeness (QED) is 0.509. The first-order valence-corrected chi connectivity index (χ1v) is 6.56. The second-order valence-corrected chi connectivity index (χ2v) is 4.75. The molecule has 0 aliphatic carbocycles. The van der Waals surface area contributed by atoms with Crippen molar-refractivity contribution in [3.05, 3.63) is 21.1 Å². The molecule has 1 atom stereocenters. The molecule has 1 aromatic heterocycles. The second kappa shape index (κ2) is 5.58. The van der Waals surface area contributed by atoms with Gasteiger partial charge in [0.15, 0.2) is 0 Å². The van der Waals surface area contributed by atoms with Crippen molar-refractivity contribution < 1.29 is 9.72 Å². The SMILES string of the molecule is CCC1C(=O)NCCN1c1nc(Cl)nc(C)c1[N+](=O)[O-]. The third-order valence-electron chi connectivity index (χ3n) is 3.18. The lowest BCUT2D eigenvalue weighted by Crippen LogP contribution is -2.55. The maximum Gasteiger partial charge on any atom is 0.332 e. The maximum atomic E-state index is 11.9. The number of nitrogens with one attached hydrogen (secondary N) is 1. The standard InChI is InChI=1S/C11H14ClN5O3/c1-3-7-10(18)13-4-5-16(7)9-8(17(19)20)6(2)14-11(12)15-9/h7H,3-5H2,1-2H3,(H,13,18). The minimum atomic E-state index is -0.541. The average molecular weight is 300 g/mol. The van der Waals surface area contributed by atoms with Gasteiger partial charge in [-0.15, -0.1) is 0 Å². The summed E-state index contributed by atoms with van der Waals surface area (Å²) >= 11 is 5.80. The third kappa shape index (κ3) is 2.51. The van der Waals surface area contributed by atoms with E-state index in [1.54, 1.807) is 4.90 Å². The number of carbonyl (C=O) groups is 1. The topological polar surface area (TPSA) is 101 Å². The molecule has 1 N–H and O–H groups in total. The monoisotopic (exact) mass is 299 g/mol. The van der Waals surface area contributed by atoms with Crippen LogP contribution in [-0.4, -0.2) is 39.9 Å². The Balaban J connectivity index is 2.55. The van der Waals surface area contributed by atoms with Gasteiger partial charge in [0.25, 0.3) is 0 Å². The first kappa shape index (κ1) is 14.4. The summed E-state index contributed by atoms with van der Waals surface area (Å²) in [5, 5.41) is 13.9. The van der Waals surface area contributed by atoms with E-state index in [1.807, 2.05) is 6.92 Å². The van der Waals surface area contributed by atoms with E-state index >= 15 is 0 Å². The fraction of sp³-hybridized carbons (Fsp3) is 0.545. The summed E-state index contributed by atoms with van der Waals surface area (Å²) in [5.74, 6) is -0.0605. The molecule has 20 heavy (non-hydrogen) atoms. The van der Waals surface area contributed by atoms with Crippen LogP contribution < -0.4 is 10.2 Å². The van der Waals surface area contributed by atoms with Gasteiger partial charge in [0.2, 0.25) is 17.0 Å². The molecule has 1 aliphatic heterocycles. The van der Waals surface area contributed by atoms with Gasteiger partial charge in [-0.1, -0.05) is 6.92 Å². The lowest BCUT2D eigenvalue weighted by atomic mass is 10.1. The van der Waals surface area contributed by atoms with E-state index < -0.39 is 11.0 Å². The number of piperazine rings is 1. The molecule has 8 nitrogen and oxygen atoms in total. The Kier molecular flexibility index (Phi) is 4.03. The second-order valence-electron chi connectivity index (χ2n) is 4.42. The van der Waals surface area contributed by atoms with Crippen LogP contribution in [0, 0.1) is 17.0 Å². The van der Waals surface area contributed by atoms with Crippen LogP contribution in [0.15, 0.2) is 0 Å². The maximum absolute atomic E-state index is 11.9. The molecule has 0 aromatic carbocycles. The van der Waals surface area contributed by atoms with Crippen molar-refractivity contribution in [3.63, 3.8) is 0 Å². The van der Waals surface area contributed by atoms with E-state index in [4.69, 9.17) is 11.6 Å². The van der Waals surface area contributed by atoms with Crippen molar-refractivity contribution in [3.8, 4) is 0 Å². The van der Waals surface area contributed by atoms with Crippen molar-refractivity contribution in [1.82, 2.24) is 15.3 Å². The predicted octanol–water partition coefficient (Wildman–Crippen LogP) is 1.06. The third-order valence-corrected chi connectivity index (χ3v) is 3.35.